The molecule has 86 valence electrons. The van der Waals surface area contributed by atoms with Crippen LogP contribution in [0.4, 0.5) is 0 Å². The van der Waals surface area contributed by atoms with Crippen molar-refractivity contribution in [2.24, 2.45) is 0 Å². The number of thiophene rings is 1. The summed E-state index contributed by atoms with van der Waals surface area (Å²) >= 11 is 5.23. The van der Waals surface area contributed by atoms with Gasteiger partial charge in [-0.25, -0.2) is 4.98 Å². The van der Waals surface area contributed by atoms with Crippen LogP contribution in [0.5, 0.6) is 0 Å². The Morgan fingerprint density at radius 3 is 2.82 bits per heavy atom. The molecular formula is C13H11BrN2S. The molecule has 0 fully saturated rings. The largest absolute Gasteiger partial charge is 0.337 e. The number of halogens is 1. The molecule has 3 aromatic rings. The van der Waals surface area contributed by atoms with Crippen LogP contribution in [0.1, 0.15) is 11.1 Å². The van der Waals surface area contributed by atoms with Gasteiger partial charge >= 0.3 is 0 Å². The van der Waals surface area contributed by atoms with E-state index in [4.69, 9.17) is 0 Å². The van der Waals surface area contributed by atoms with Crippen molar-refractivity contribution in [3.63, 3.8) is 0 Å². The Morgan fingerprint density at radius 1 is 1.29 bits per heavy atom. The molecule has 0 aliphatic carbocycles. The lowest BCUT2D eigenvalue weighted by molar-refractivity contribution is 1.35. The summed E-state index contributed by atoms with van der Waals surface area (Å²) < 4.78 is 1.09. The highest BCUT2D eigenvalue weighted by Gasteiger charge is 2.11. The van der Waals surface area contributed by atoms with E-state index in [1.165, 1.54) is 11.1 Å². The molecule has 1 N–H and O–H groups in total. The van der Waals surface area contributed by atoms with Crippen molar-refractivity contribution in [1.82, 2.24) is 9.97 Å². The van der Waals surface area contributed by atoms with Gasteiger partial charge in [-0.2, -0.15) is 0 Å². The zero-order valence-electron chi connectivity index (χ0n) is 9.54. The normalized spacial score (nSPS) is 11.2. The lowest BCUT2D eigenvalue weighted by atomic mass is 10.1. The molecule has 0 saturated heterocycles. The first kappa shape index (κ1) is 11.0. The van der Waals surface area contributed by atoms with Gasteiger partial charge in [0, 0.05) is 4.47 Å². The molecule has 17 heavy (non-hydrogen) atoms. The van der Waals surface area contributed by atoms with Gasteiger partial charge in [0.1, 0.15) is 5.82 Å². The number of nitrogens with zero attached hydrogens (tertiary/aromatic N) is 1. The fourth-order valence-electron chi connectivity index (χ4n) is 2.04. The van der Waals surface area contributed by atoms with Crippen LogP contribution >= 0.6 is 27.3 Å². The Labute approximate surface area is 112 Å². The quantitative estimate of drug-likeness (QED) is 0.695. The number of rotatable bonds is 1. The van der Waals surface area contributed by atoms with Crippen molar-refractivity contribution in [2.75, 3.05) is 0 Å². The van der Waals surface area contributed by atoms with Crippen molar-refractivity contribution in [3.05, 3.63) is 39.2 Å². The van der Waals surface area contributed by atoms with E-state index in [9.17, 15) is 0 Å². The smallest absolute Gasteiger partial charge is 0.149 e. The molecule has 2 aromatic heterocycles. The highest BCUT2D eigenvalue weighted by atomic mass is 79.9. The minimum Gasteiger partial charge on any atom is -0.337 e. The first-order valence-corrected chi connectivity index (χ1v) is 7.03. The standard InChI is InChI=1S/C13H11BrN2S/c1-7-5-8(2)11-10(6-7)15-13(16-11)12-9(14)3-4-17-12/h3-6H,1-2H3,(H,15,16). The number of imidazole rings is 1. The van der Waals surface area contributed by atoms with Crippen LogP contribution in [0.15, 0.2) is 28.1 Å². The first-order valence-electron chi connectivity index (χ1n) is 5.35. The van der Waals surface area contributed by atoms with Crippen LogP contribution in [0.25, 0.3) is 21.7 Å². The fourth-order valence-corrected chi connectivity index (χ4v) is 3.55. The molecule has 0 saturated carbocycles. The molecule has 0 spiro atoms. The highest BCUT2D eigenvalue weighted by Crippen LogP contribution is 2.33. The van der Waals surface area contributed by atoms with E-state index in [1.807, 2.05) is 6.07 Å². The van der Waals surface area contributed by atoms with Gasteiger partial charge in [0.2, 0.25) is 0 Å². The van der Waals surface area contributed by atoms with Crippen molar-refractivity contribution in [2.45, 2.75) is 13.8 Å². The van der Waals surface area contributed by atoms with Crippen molar-refractivity contribution >= 4 is 38.3 Å². The van der Waals surface area contributed by atoms with Crippen LogP contribution in [-0.2, 0) is 0 Å². The number of nitrogens with one attached hydrogen (secondary N) is 1. The molecule has 4 heteroatoms. The molecule has 0 amide bonds. The second kappa shape index (κ2) is 3.96. The van der Waals surface area contributed by atoms with E-state index in [-0.39, 0.29) is 0 Å². The molecule has 0 radical (unpaired) electrons. The minimum absolute atomic E-state index is 0.940. The Morgan fingerprint density at radius 2 is 2.12 bits per heavy atom. The van der Waals surface area contributed by atoms with Crippen LogP contribution in [-0.4, -0.2) is 9.97 Å². The van der Waals surface area contributed by atoms with Gasteiger partial charge in [-0.15, -0.1) is 11.3 Å². The van der Waals surface area contributed by atoms with Gasteiger partial charge < -0.3 is 4.98 Å². The number of fused-ring (bicyclic) bond motifs is 1. The Hall–Kier alpha value is -1.13. The van der Waals surface area contributed by atoms with Crippen molar-refractivity contribution in [3.8, 4) is 10.7 Å². The van der Waals surface area contributed by atoms with Crippen LogP contribution < -0.4 is 0 Å². The zero-order chi connectivity index (χ0) is 12.0. The van der Waals surface area contributed by atoms with E-state index in [1.54, 1.807) is 11.3 Å². The second-order valence-corrected chi connectivity index (χ2v) is 5.93. The third-order valence-corrected chi connectivity index (χ3v) is 4.60. The lowest BCUT2D eigenvalue weighted by Gasteiger charge is -1.96. The van der Waals surface area contributed by atoms with Crippen LogP contribution in [0, 0.1) is 13.8 Å². The van der Waals surface area contributed by atoms with Gasteiger partial charge in [0.25, 0.3) is 0 Å². The van der Waals surface area contributed by atoms with Crippen LogP contribution in [0.3, 0.4) is 0 Å². The third-order valence-electron chi connectivity index (χ3n) is 2.75. The summed E-state index contributed by atoms with van der Waals surface area (Å²) in [6, 6.07) is 6.35. The number of hydrogen-bond acceptors (Lipinski definition) is 2. The first-order chi connectivity index (χ1) is 8.15. The number of aryl methyl sites for hydroxylation is 2. The van der Waals surface area contributed by atoms with E-state index in [0.717, 1.165) is 26.2 Å². The SMILES string of the molecule is Cc1cc(C)c2nc(-c3sccc3Br)[nH]c2c1. The summed E-state index contributed by atoms with van der Waals surface area (Å²) in [6.07, 6.45) is 0. The van der Waals surface area contributed by atoms with Crippen LogP contribution in [0.2, 0.25) is 0 Å². The summed E-state index contributed by atoms with van der Waals surface area (Å²) in [6.45, 7) is 4.21. The maximum atomic E-state index is 4.68. The Balaban J connectivity index is 2.27. The van der Waals surface area contributed by atoms with Gasteiger partial charge in [0.15, 0.2) is 0 Å². The predicted octanol–water partition coefficient (Wildman–Crippen LogP) is 4.67. The Bertz CT molecular complexity index is 697. The van der Waals surface area contributed by atoms with E-state index >= 15 is 0 Å². The summed E-state index contributed by atoms with van der Waals surface area (Å²) in [5.41, 5.74) is 4.65. The molecule has 0 aliphatic heterocycles. The molecule has 1 aromatic carbocycles. The lowest BCUT2D eigenvalue weighted by Crippen LogP contribution is -1.79. The number of hydrogen-bond donors (Lipinski definition) is 1. The number of benzene rings is 1. The average Bonchev–Trinajstić information content (AvgIpc) is 2.83. The number of H-pyrrole nitrogens is 1. The maximum Gasteiger partial charge on any atom is 0.149 e. The summed E-state index contributed by atoms with van der Waals surface area (Å²) in [4.78, 5) is 9.22. The van der Waals surface area contributed by atoms with Crippen molar-refractivity contribution in [1.29, 1.82) is 0 Å². The molecular weight excluding hydrogens is 296 g/mol. The summed E-state index contributed by atoms with van der Waals surface area (Å²) in [5.74, 6) is 0.940. The van der Waals surface area contributed by atoms with E-state index in [2.05, 4.69) is 57.3 Å². The fraction of sp³-hybridized carbons (Fsp3) is 0.154. The average molecular weight is 307 g/mol. The molecule has 2 heterocycles. The summed E-state index contributed by atoms with van der Waals surface area (Å²) in [5, 5.41) is 2.06. The van der Waals surface area contributed by atoms with Gasteiger partial charge in [-0.05, 0) is 58.4 Å². The van der Waals surface area contributed by atoms with Crippen molar-refractivity contribution < 1.29 is 0 Å². The topological polar surface area (TPSA) is 28.7 Å². The highest BCUT2D eigenvalue weighted by molar-refractivity contribution is 9.10. The number of aromatic amines is 1. The van der Waals surface area contributed by atoms with Gasteiger partial charge in [0.05, 0.1) is 15.9 Å². The maximum absolute atomic E-state index is 4.68. The van der Waals surface area contributed by atoms with E-state index < -0.39 is 0 Å². The minimum atomic E-state index is 0.940. The zero-order valence-corrected chi connectivity index (χ0v) is 11.9. The predicted molar refractivity (Wildman–Crippen MR) is 76.6 cm³/mol. The molecule has 0 unspecified atom stereocenters. The third kappa shape index (κ3) is 1.81. The monoisotopic (exact) mass is 306 g/mol. The molecule has 0 bridgehead atoms. The molecule has 0 atom stereocenters. The molecule has 2 nitrogen and oxygen atoms in total. The Kier molecular flexibility index (Phi) is 2.56. The van der Waals surface area contributed by atoms with Gasteiger partial charge in [-0.1, -0.05) is 6.07 Å². The number of aromatic nitrogens is 2. The molecule has 3 rings (SSSR count). The molecule has 0 aliphatic rings. The second-order valence-electron chi connectivity index (χ2n) is 4.16. The van der Waals surface area contributed by atoms with E-state index in [0.29, 0.717) is 0 Å². The summed E-state index contributed by atoms with van der Waals surface area (Å²) in [7, 11) is 0. The van der Waals surface area contributed by atoms with Gasteiger partial charge in [-0.3, -0.25) is 0 Å².